The molecule has 0 saturated carbocycles. The molecule has 0 bridgehead atoms. The maximum absolute atomic E-state index is 12.0. The lowest BCUT2D eigenvalue weighted by Gasteiger charge is -2.27. The van der Waals surface area contributed by atoms with E-state index in [9.17, 15) is 13.2 Å². The normalized spacial score (nSPS) is 20.4. The van der Waals surface area contributed by atoms with Crippen molar-refractivity contribution in [1.82, 2.24) is 10.9 Å². The highest BCUT2D eigenvalue weighted by Gasteiger charge is 2.30. The third-order valence-corrected chi connectivity index (χ3v) is 4.87. The molecule has 2 N–H and O–H groups in total. The number of rotatable bonds is 2. The molecule has 0 saturated heterocycles. The Bertz CT molecular complexity index is 635. The van der Waals surface area contributed by atoms with Gasteiger partial charge in [0.1, 0.15) is 5.60 Å². The number of fused-ring (bicyclic) bond motifs is 1. The Kier molecular flexibility index (Phi) is 4.25. The van der Waals surface area contributed by atoms with E-state index in [0.29, 0.717) is 16.9 Å². The molecule has 1 aliphatic heterocycles. The molecule has 1 atom stereocenters. The van der Waals surface area contributed by atoms with Crippen molar-refractivity contribution in [2.45, 2.75) is 43.7 Å². The summed E-state index contributed by atoms with van der Waals surface area (Å²) < 4.78 is 29.1. The van der Waals surface area contributed by atoms with Gasteiger partial charge in [0.15, 0.2) is 9.84 Å². The van der Waals surface area contributed by atoms with Crippen LogP contribution in [0.25, 0.3) is 0 Å². The van der Waals surface area contributed by atoms with E-state index >= 15 is 0 Å². The summed E-state index contributed by atoms with van der Waals surface area (Å²) in [7, 11) is -3.23. The summed E-state index contributed by atoms with van der Waals surface area (Å²) in [4.78, 5) is 11.9. The first-order valence-corrected chi connectivity index (χ1v) is 8.40. The molecule has 2 rings (SSSR count). The Labute approximate surface area is 124 Å². The fourth-order valence-electron chi connectivity index (χ4n) is 2.19. The van der Waals surface area contributed by atoms with E-state index in [-0.39, 0.29) is 11.8 Å². The zero-order chi connectivity index (χ0) is 15.7. The molecule has 116 valence electrons. The van der Waals surface area contributed by atoms with Crippen molar-refractivity contribution in [1.29, 1.82) is 0 Å². The predicted molar refractivity (Wildman–Crippen MR) is 78.4 cm³/mol. The van der Waals surface area contributed by atoms with E-state index in [1.165, 1.54) is 0 Å². The van der Waals surface area contributed by atoms with E-state index < -0.39 is 21.5 Å². The first-order valence-electron chi connectivity index (χ1n) is 6.75. The van der Waals surface area contributed by atoms with Crippen LogP contribution in [0.2, 0.25) is 0 Å². The summed E-state index contributed by atoms with van der Waals surface area (Å²) >= 11 is 0. The number of sulfone groups is 1. The van der Waals surface area contributed by atoms with E-state index in [0.717, 1.165) is 0 Å². The third-order valence-electron chi connectivity index (χ3n) is 3.05. The van der Waals surface area contributed by atoms with Crippen LogP contribution in [-0.2, 0) is 14.6 Å². The Morgan fingerprint density at radius 1 is 1.29 bits per heavy atom. The van der Waals surface area contributed by atoms with Crippen molar-refractivity contribution in [2.75, 3.05) is 5.75 Å². The number of amides is 1. The quantitative estimate of drug-likeness (QED) is 0.815. The molecule has 1 aromatic rings. The van der Waals surface area contributed by atoms with Crippen molar-refractivity contribution >= 4 is 15.9 Å². The van der Waals surface area contributed by atoms with Gasteiger partial charge >= 0.3 is 6.09 Å². The third kappa shape index (κ3) is 3.95. The monoisotopic (exact) mass is 312 g/mol. The van der Waals surface area contributed by atoms with Crippen LogP contribution in [0.15, 0.2) is 29.2 Å². The maximum atomic E-state index is 12.0. The van der Waals surface area contributed by atoms with Gasteiger partial charge in [0, 0.05) is 0 Å². The van der Waals surface area contributed by atoms with Gasteiger partial charge in [-0.25, -0.2) is 18.6 Å². The number of hydrogen-bond donors (Lipinski definition) is 2. The molecule has 21 heavy (non-hydrogen) atoms. The van der Waals surface area contributed by atoms with Crippen LogP contribution in [0.3, 0.4) is 0 Å². The smallest absolute Gasteiger partial charge is 0.422 e. The largest absolute Gasteiger partial charge is 0.443 e. The van der Waals surface area contributed by atoms with E-state index in [1.807, 2.05) is 0 Å². The van der Waals surface area contributed by atoms with Gasteiger partial charge in [-0.3, -0.25) is 5.43 Å². The van der Waals surface area contributed by atoms with E-state index in [1.54, 1.807) is 45.0 Å². The van der Waals surface area contributed by atoms with Crippen molar-refractivity contribution in [3.05, 3.63) is 29.8 Å². The predicted octanol–water partition coefficient (Wildman–Crippen LogP) is 1.93. The molecule has 7 heteroatoms. The maximum Gasteiger partial charge on any atom is 0.422 e. The molecule has 1 unspecified atom stereocenters. The summed E-state index contributed by atoms with van der Waals surface area (Å²) in [5.41, 5.74) is 5.40. The van der Waals surface area contributed by atoms with Gasteiger partial charge in [-0.2, -0.15) is 0 Å². The topological polar surface area (TPSA) is 84.5 Å². The van der Waals surface area contributed by atoms with Gasteiger partial charge in [0.05, 0.1) is 16.7 Å². The molecule has 0 radical (unpaired) electrons. The number of hydrogen-bond acceptors (Lipinski definition) is 5. The van der Waals surface area contributed by atoms with Gasteiger partial charge in [0.25, 0.3) is 0 Å². The summed E-state index contributed by atoms with van der Waals surface area (Å²) in [6.45, 7) is 5.32. The van der Waals surface area contributed by atoms with Crippen LogP contribution in [0.1, 0.15) is 38.8 Å². The minimum atomic E-state index is -3.23. The fourth-order valence-corrected chi connectivity index (χ4v) is 3.81. The number of nitrogens with one attached hydrogen (secondary N) is 2. The van der Waals surface area contributed by atoms with Gasteiger partial charge in [0.2, 0.25) is 0 Å². The standard InChI is InChI=1S/C14H20N2O4S/c1-14(2,3)20-13(17)16-15-11-8-9-21(18,19)12-7-5-4-6-10(11)12/h4-7,11,15H,8-9H2,1-3H3,(H,16,17). The van der Waals surface area contributed by atoms with Crippen LogP contribution in [0.5, 0.6) is 0 Å². The van der Waals surface area contributed by atoms with Crippen LogP contribution in [0, 0.1) is 0 Å². The zero-order valence-electron chi connectivity index (χ0n) is 12.3. The van der Waals surface area contributed by atoms with Crippen LogP contribution >= 0.6 is 0 Å². The van der Waals surface area contributed by atoms with E-state index in [2.05, 4.69) is 10.9 Å². The molecule has 0 spiro atoms. The number of carbonyl (C=O) groups is 1. The summed E-state index contributed by atoms with van der Waals surface area (Å²) in [5.74, 6) is 0.0533. The molecular weight excluding hydrogens is 292 g/mol. The number of ether oxygens (including phenoxy) is 1. The Morgan fingerprint density at radius 3 is 2.62 bits per heavy atom. The molecule has 6 nitrogen and oxygen atoms in total. The van der Waals surface area contributed by atoms with Crippen molar-refractivity contribution in [3.63, 3.8) is 0 Å². The molecular formula is C14H20N2O4S. The minimum absolute atomic E-state index is 0.0533. The molecule has 0 aliphatic carbocycles. The zero-order valence-corrected chi connectivity index (χ0v) is 13.2. The van der Waals surface area contributed by atoms with Crippen molar-refractivity contribution in [3.8, 4) is 0 Å². The fraction of sp³-hybridized carbons (Fsp3) is 0.500. The molecule has 1 heterocycles. The number of hydrazine groups is 1. The Morgan fingerprint density at radius 2 is 1.95 bits per heavy atom. The summed E-state index contributed by atoms with van der Waals surface area (Å²) in [6, 6.07) is 6.56. The van der Waals surface area contributed by atoms with Gasteiger partial charge in [-0.05, 0) is 38.8 Å². The molecule has 0 fully saturated rings. The molecule has 1 amide bonds. The molecule has 0 aromatic heterocycles. The van der Waals surface area contributed by atoms with Gasteiger partial charge < -0.3 is 4.74 Å². The van der Waals surface area contributed by atoms with Crippen LogP contribution < -0.4 is 10.9 Å². The highest BCUT2D eigenvalue weighted by Crippen LogP contribution is 2.31. The van der Waals surface area contributed by atoms with Crippen LogP contribution in [0.4, 0.5) is 4.79 Å². The average molecular weight is 312 g/mol. The lowest BCUT2D eigenvalue weighted by atomic mass is 10.0. The SMILES string of the molecule is CC(C)(C)OC(=O)NNC1CCS(=O)(=O)c2ccccc21. The first-order chi connectivity index (χ1) is 9.69. The Balaban J connectivity index is 2.08. The molecule has 1 aromatic carbocycles. The first kappa shape index (κ1) is 15.8. The Hall–Kier alpha value is -1.60. The number of carbonyl (C=O) groups excluding carboxylic acids is 1. The van der Waals surface area contributed by atoms with Crippen LogP contribution in [-0.4, -0.2) is 25.9 Å². The summed E-state index contributed by atoms with van der Waals surface area (Å²) in [6.07, 6.45) is -0.191. The molecule has 1 aliphatic rings. The van der Waals surface area contributed by atoms with E-state index in [4.69, 9.17) is 4.74 Å². The second-order valence-electron chi connectivity index (χ2n) is 5.97. The second kappa shape index (κ2) is 5.65. The highest BCUT2D eigenvalue weighted by molar-refractivity contribution is 7.91. The van der Waals surface area contributed by atoms with Gasteiger partial charge in [-0.1, -0.05) is 18.2 Å². The average Bonchev–Trinajstić information content (AvgIpc) is 2.36. The van der Waals surface area contributed by atoms with Crippen molar-refractivity contribution in [2.24, 2.45) is 0 Å². The lowest BCUT2D eigenvalue weighted by molar-refractivity contribution is 0.0486. The number of benzene rings is 1. The summed E-state index contributed by atoms with van der Waals surface area (Å²) in [5, 5.41) is 0. The minimum Gasteiger partial charge on any atom is -0.443 e. The highest BCUT2D eigenvalue weighted by atomic mass is 32.2. The lowest BCUT2D eigenvalue weighted by Crippen LogP contribution is -2.44. The second-order valence-corrected chi connectivity index (χ2v) is 8.05. The van der Waals surface area contributed by atoms with Gasteiger partial charge in [-0.15, -0.1) is 0 Å². The van der Waals surface area contributed by atoms with Crippen molar-refractivity contribution < 1.29 is 17.9 Å².